The summed E-state index contributed by atoms with van der Waals surface area (Å²) in [5, 5.41) is 4.22. The fraction of sp³-hybridized carbons (Fsp3) is 0.391. The minimum absolute atomic E-state index is 0.0748. The lowest BCUT2D eigenvalue weighted by Gasteiger charge is -2.19. The maximum atomic E-state index is 12.7. The van der Waals surface area contributed by atoms with Crippen LogP contribution in [0.1, 0.15) is 44.5 Å². The summed E-state index contributed by atoms with van der Waals surface area (Å²) in [5.41, 5.74) is 1.10. The largest absolute Gasteiger partial charge is 0.492 e. The fourth-order valence-corrected chi connectivity index (χ4v) is 4.26. The maximum absolute atomic E-state index is 12.7. The highest BCUT2D eigenvalue weighted by Gasteiger charge is 2.28. The molecule has 2 rings (SSSR count). The van der Waals surface area contributed by atoms with Gasteiger partial charge in [0.1, 0.15) is 16.7 Å². The molecule has 9 heteroatoms. The number of ether oxygens (including phenoxy) is 2. The molecule has 1 atom stereocenters. The number of benzene rings is 2. The van der Waals surface area contributed by atoms with E-state index in [1.807, 2.05) is 6.07 Å². The van der Waals surface area contributed by atoms with Gasteiger partial charge in [0.25, 0.3) is 5.91 Å². The van der Waals surface area contributed by atoms with Gasteiger partial charge >= 0.3 is 0 Å². The minimum Gasteiger partial charge on any atom is -0.492 e. The van der Waals surface area contributed by atoms with Crippen molar-refractivity contribution in [1.29, 1.82) is 0 Å². The average Bonchev–Trinajstić information content (AvgIpc) is 2.76. The van der Waals surface area contributed by atoms with Crippen LogP contribution < -0.4 is 20.1 Å². The van der Waals surface area contributed by atoms with Crippen molar-refractivity contribution in [3.63, 3.8) is 0 Å². The topological polar surface area (TPSA) is 111 Å². The molecule has 0 aliphatic heterocycles. The number of sulfone groups is 1. The van der Waals surface area contributed by atoms with Crippen LogP contribution in [0.25, 0.3) is 0 Å². The van der Waals surface area contributed by atoms with E-state index in [1.54, 1.807) is 51.1 Å². The van der Waals surface area contributed by atoms with Crippen LogP contribution in [0, 0.1) is 0 Å². The molecule has 2 aromatic rings. The second kappa shape index (κ2) is 11.5. The van der Waals surface area contributed by atoms with Crippen LogP contribution in [0.3, 0.4) is 0 Å². The fourth-order valence-electron chi connectivity index (χ4n) is 2.95. The van der Waals surface area contributed by atoms with E-state index in [1.165, 1.54) is 13.0 Å². The molecule has 1 unspecified atom stereocenters. The van der Waals surface area contributed by atoms with Gasteiger partial charge in [0, 0.05) is 17.7 Å². The molecule has 174 valence electrons. The number of rotatable bonds is 11. The third-order valence-corrected chi connectivity index (χ3v) is 6.89. The number of anilines is 2. The Balaban J connectivity index is 2.38. The zero-order valence-corrected chi connectivity index (χ0v) is 19.6. The van der Waals surface area contributed by atoms with E-state index in [0.717, 1.165) is 0 Å². The molecular formula is C23H30N2O6S. The van der Waals surface area contributed by atoms with Crippen molar-refractivity contribution in [1.82, 2.24) is 0 Å². The molecule has 0 aromatic heterocycles. The molecule has 2 amide bonds. The molecule has 0 radical (unpaired) electrons. The molecule has 0 saturated carbocycles. The summed E-state index contributed by atoms with van der Waals surface area (Å²) in [6, 6.07) is 11.8. The molecule has 0 bridgehead atoms. The van der Waals surface area contributed by atoms with Crippen molar-refractivity contribution >= 4 is 33.0 Å². The summed E-state index contributed by atoms with van der Waals surface area (Å²) >= 11 is 0. The molecule has 32 heavy (non-hydrogen) atoms. The van der Waals surface area contributed by atoms with E-state index < -0.39 is 21.0 Å². The number of nitrogens with one attached hydrogen (secondary N) is 2. The van der Waals surface area contributed by atoms with Gasteiger partial charge in [0.15, 0.2) is 9.84 Å². The van der Waals surface area contributed by atoms with Gasteiger partial charge in [0.2, 0.25) is 5.91 Å². The lowest BCUT2D eigenvalue weighted by Crippen LogP contribution is -2.34. The van der Waals surface area contributed by atoms with Crippen molar-refractivity contribution < 1.29 is 27.5 Å². The van der Waals surface area contributed by atoms with Gasteiger partial charge in [-0.1, -0.05) is 25.1 Å². The second-order valence-electron chi connectivity index (χ2n) is 7.03. The van der Waals surface area contributed by atoms with Crippen LogP contribution in [0.4, 0.5) is 11.4 Å². The second-order valence-corrected chi connectivity index (χ2v) is 9.47. The quantitative estimate of drug-likeness (QED) is 0.524. The molecule has 0 fully saturated rings. The summed E-state index contributed by atoms with van der Waals surface area (Å²) in [7, 11) is -3.57. The monoisotopic (exact) mass is 462 g/mol. The molecule has 0 heterocycles. The molecular weight excluding hydrogens is 432 g/mol. The van der Waals surface area contributed by atoms with Crippen LogP contribution in [-0.2, 0) is 14.6 Å². The van der Waals surface area contributed by atoms with Crippen molar-refractivity contribution in [2.45, 2.75) is 39.4 Å². The van der Waals surface area contributed by atoms with Crippen molar-refractivity contribution in [2.75, 3.05) is 29.6 Å². The normalized spacial score (nSPS) is 12.0. The highest BCUT2D eigenvalue weighted by molar-refractivity contribution is 7.92. The Morgan fingerprint density at radius 2 is 1.44 bits per heavy atom. The number of hydrogen-bond acceptors (Lipinski definition) is 6. The molecule has 2 N–H and O–H groups in total. The number of carbonyl (C=O) groups excluding carboxylic acids is 2. The van der Waals surface area contributed by atoms with Gasteiger partial charge in [-0.25, -0.2) is 8.42 Å². The molecule has 0 saturated heterocycles. The van der Waals surface area contributed by atoms with E-state index in [0.29, 0.717) is 36.6 Å². The average molecular weight is 463 g/mol. The highest BCUT2D eigenvalue weighted by atomic mass is 32.2. The van der Waals surface area contributed by atoms with Crippen LogP contribution in [-0.4, -0.2) is 44.4 Å². The van der Waals surface area contributed by atoms with E-state index in [9.17, 15) is 18.0 Å². The maximum Gasteiger partial charge on any atom is 0.255 e. The summed E-state index contributed by atoms with van der Waals surface area (Å²) in [6.45, 7) is 7.28. The van der Waals surface area contributed by atoms with Crippen LogP contribution in [0.2, 0.25) is 0 Å². The van der Waals surface area contributed by atoms with Gasteiger partial charge in [-0.15, -0.1) is 0 Å². The molecule has 0 spiro atoms. The Hall–Kier alpha value is -3.07. The van der Waals surface area contributed by atoms with Crippen LogP contribution in [0.15, 0.2) is 42.5 Å². The number of hydrogen-bond donors (Lipinski definition) is 2. The lowest BCUT2D eigenvalue weighted by atomic mass is 10.2. The Morgan fingerprint density at radius 1 is 0.906 bits per heavy atom. The first-order valence-corrected chi connectivity index (χ1v) is 12.3. The summed E-state index contributed by atoms with van der Waals surface area (Å²) in [6.07, 6.45) is 0.425. The summed E-state index contributed by atoms with van der Waals surface area (Å²) in [4.78, 5) is 25.3. The minimum atomic E-state index is -3.57. The van der Waals surface area contributed by atoms with Crippen molar-refractivity contribution in [3.05, 3.63) is 48.0 Å². The standard InChI is InChI=1S/C23H30N2O6S/c1-5-13-32(28,29)16(4)22(26)24-18-14-21(31-7-3)19(15-20(18)30-6-2)25-23(27)17-11-9-8-10-12-17/h8-12,14-16H,5-7,13H2,1-4H3,(H,24,26)(H,25,27). The smallest absolute Gasteiger partial charge is 0.255 e. The predicted molar refractivity (Wildman–Crippen MR) is 125 cm³/mol. The molecule has 0 aliphatic carbocycles. The zero-order valence-electron chi connectivity index (χ0n) is 18.8. The lowest BCUT2D eigenvalue weighted by molar-refractivity contribution is -0.115. The van der Waals surface area contributed by atoms with Crippen LogP contribution >= 0.6 is 0 Å². The Bertz CT molecular complexity index is 1040. The van der Waals surface area contributed by atoms with E-state index in [2.05, 4.69) is 10.6 Å². The van der Waals surface area contributed by atoms with Gasteiger partial charge in [-0.05, 0) is 39.3 Å². The predicted octanol–water partition coefficient (Wildman–Crippen LogP) is 3.89. The number of amides is 2. The Morgan fingerprint density at radius 3 is 1.94 bits per heavy atom. The van der Waals surface area contributed by atoms with Crippen LogP contribution in [0.5, 0.6) is 11.5 Å². The van der Waals surface area contributed by atoms with Gasteiger partial charge in [-0.2, -0.15) is 0 Å². The van der Waals surface area contributed by atoms with Gasteiger partial charge in [-0.3, -0.25) is 9.59 Å². The Kier molecular flexibility index (Phi) is 9.07. The van der Waals surface area contributed by atoms with E-state index in [4.69, 9.17) is 9.47 Å². The van der Waals surface area contributed by atoms with E-state index in [-0.39, 0.29) is 23.1 Å². The van der Waals surface area contributed by atoms with Crippen molar-refractivity contribution in [2.24, 2.45) is 0 Å². The molecule has 2 aromatic carbocycles. The zero-order chi connectivity index (χ0) is 23.7. The van der Waals surface area contributed by atoms with Gasteiger partial charge < -0.3 is 20.1 Å². The van der Waals surface area contributed by atoms with Gasteiger partial charge in [0.05, 0.1) is 30.3 Å². The third-order valence-electron chi connectivity index (χ3n) is 4.62. The first-order chi connectivity index (χ1) is 15.2. The highest BCUT2D eigenvalue weighted by Crippen LogP contribution is 2.37. The van der Waals surface area contributed by atoms with E-state index >= 15 is 0 Å². The van der Waals surface area contributed by atoms with Crippen molar-refractivity contribution in [3.8, 4) is 11.5 Å². The Labute approximate surface area is 189 Å². The molecule has 0 aliphatic rings. The summed E-state index contributed by atoms with van der Waals surface area (Å²) in [5.74, 6) is -0.463. The molecule has 8 nitrogen and oxygen atoms in total. The first kappa shape index (κ1) is 25.2. The number of carbonyl (C=O) groups is 2. The third kappa shape index (κ3) is 6.46. The summed E-state index contributed by atoms with van der Waals surface area (Å²) < 4.78 is 35.9. The SMILES string of the molecule is CCCS(=O)(=O)C(C)C(=O)Nc1cc(OCC)c(NC(=O)c2ccccc2)cc1OCC. The first-order valence-electron chi connectivity index (χ1n) is 10.6.